The van der Waals surface area contributed by atoms with Gasteiger partial charge in [-0.1, -0.05) is 31.9 Å². The topological polar surface area (TPSA) is 20.2 Å². The lowest BCUT2D eigenvalue weighted by Gasteiger charge is -1.43. The van der Waals surface area contributed by atoms with Crippen molar-refractivity contribution < 1.29 is 5.11 Å². The molecule has 34 valence electrons. The molecule has 5 heavy (non-hydrogen) atoms. The Balaban J connectivity index is 0. The highest BCUT2D eigenvalue weighted by molar-refractivity contribution is 9.24. The summed E-state index contributed by atoms with van der Waals surface area (Å²) in [5, 5.41) is 7.00. The highest BCUT2D eigenvalue weighted by Crippen LogP contribution is 1.83. The summed E-state index contributed by atoms with van der Waals surface area (Å²) in [4.78, 5) is 0. The van der Waals surface area contributed by atoms with Gasteiger partial charge in [-0.05, 0) is 0 Å². The Labute approximate surface area is 48.6 Å². The first kappa shape index (κ1) is 9.33. The molecule has 0 aliphatic carbocycles. The van der Waals surface area contributed by atoms with E-state index in [-0.39, 0.29) is 0 Å². The van der Waals surface area contributed by atoms with Crippen molar-refractivity contribution in [2.75, 3.05) is 11.3 Å². The summed E-state index contributed by atoms with van der Waals surface area (Å²) in [6.07, 6.45) is 0. The number of aliphatic hydroxyl groups is 1. The zero-order valence-corrected chi connectivity index (χ0v) is 6.08. The van der Waals surface area contributed by atoms with E-state index in [0.717, 1.165) is 11.3 Å². The number of hydrogen-bond donors (Lipinski definition) is 1. The van der Waals surface area contributed by atoms with Crippen LogP contribution in [0.5, 0.6) is 0 Å². The highest BCUT2D eigenvalue weighted by atomic mass is 79.9. The number of aliphatic hydroxyl groups excluding tert-OH is 1. The van der Waals surface area contributed by atoms with Gasteiger partial charge in [0.2, 0.25) is 0 Å². The Morgan fingerprint density at radius 2 is 1.40 bits per heavy atom. The molecule has 0 aliphatic rings. The first-order valence-electron chi connectivity index (χ1n) is 0.982. The van der Waals surface area contributed by atoms with E-state index >= 15 is 0 Å². The SMILES string of the molecule is BrCBr.CO. The van der Waals surface area contributed by atoms with Crippen molar-refractivity contribution in [1.29, 1.82) is 0 Å². The first-order chi connectivity index (χ1) is 2.41. The van der Waals surface area contributed by atoms with Crippen LogP contribution in [0.4, 0.5) is 0 Å². The van der Waals surface area contributed by atoms with E-state index in [2.05, 4.69) is 31.9 Å². The summed E-state index contributed by atoms with van der Waals surface area (Å²) in [6.45, 7) is 0. The average molecular weight is 206 g/mol. The molecule has 0 spiro atoms. The van der Waals surface area contributed by atoms with Crippen molar-refractivity contribution in [3.05, 3.63) is 0 Å². The predicted molar refractivity (Wildman–Crippen MR) is 30.9 cm³/mol. The molecule has 0 aliphatic heterocycles. The van der Waals surface area contributed by atoms with Gasteiger partial charge < -0.3 is 5.11 Å². The minimum atomic E-state index is 0.875. The van der Waals surface area contributed by atoms with Crippen LogP contribution in [-0.2, 0) is 0 Å². The molecule has 0 aromatic carbocycles. The molecule has 0 amide bonds. The average Bonchev–Trinajstić information content (AvgIpc) is 1.46. The van der Waals surface area contributed by atoms with Gasteiger partial charge in [0.25, 0.3) is 0 Å². The van der Waals surface area contributed by atoms with Gasteiger partial charge in [0.15, 0.2) is 0 Å². The Morgan fingerprint density at radius 3 is 1.40 bits per heavy atom. The zero-order chi connectivity index (χ0) is 4.71. The minimum absolute atomic E-state index is 0.875. The molecule has 0 bridgehead atoms. The van der Waals surface area contributed by atoms with Crippen molar-refractivity contribution in [2.45, 2.75) is 0 Å². The maximum Gasteiger partial charge on any atom is 0.0588 e. The zero-order valence-electron chi connectivity index (χ0n) is 2.91. The van der Waals surface area contributed by atoms with E-state index in [1.807, 2.05) is 0 Å². The van der Waals surface area contributed by atoms with Crippen LogP contribution >= 0.6 is 31.9 Å². The van der Waals surface area contributed by atoms with Crippen molar-refractivity contribution in [3.63, 3.8) is 0 Å². The molecule has 1 N–H and O–H groups in total. The van der Waals surface area contributed by atoms with E-state index in [1.54, 1.807) is 0 Å². The molecule has 0 aromatic rings. The second kappa shape index (κ2) is 20.5. The molecule has 0 unspecified atom stereocenters. The molecular formula is C2H6Br2O. The second-order valence-corrected chi connectivity index (χ2v) is 2.73. The van der Waals surface area contributed by atoms with Gasteiger partial charge in [-0.3, -0.25) is 0 Å². The van der Waals surface area contributed by atoms with Gasteiger partial charge in [-0.25, -0.2) is 0 Å². The second-order valence-electron chi connectivity index (χ2n) is 0.101. The highest BCUT2D eigenvalue weighted by Gasteiger charge is 1.41. The Morgan fingerprint density at radius 1 is 1.40 bits per heavy atom. The fraction of sp³-hybridized carbons (Fsp3) is 1.00. The van der Waals surface area contributed by atoms with Crippen LogP contribution in [0, 0.1) is 0 Å². The molecule has 0 saturated heterocycles. The number of alkyl halides is 2. The molecule has 0 rings (SSSR count). The van der Waals surface area contributed by atoms with Gasteiger partial charge in [0.1, 0.15) is 0 Å². The molecular weight excluding hydrogens is 200 g/mol. The summed E-state index contributed by atoms with van der Waals surface area (Å²) in [5.74, 6) is 0. The number of halogens is 2. The van der Waals surface area contributed by atoms with Gasteiger partial charge in [-0.2, -0.15) is 0 Å². The fourth-order valence-electron chi connectivity index (χ4n) is 0. The van der Waals surface area contributed by atoms with Crippen LogP contribution in [0.1, 0.15) is 0 Å². The summed E-state index contributed by atoms with van der Waals surface area (Å²) < 4.78 is 0.875. The molecule has 0 atom stereocenters. The van der Waals surface area contributed by atoms with E-state index < -0.39 is 0 Å². The van der Waals surface area contributed by atoms with Crippen LogP contribution < -0.4 is 0 Å². The lowest BCUT2D eigenvalue weighted by molar-refractivity contribution is 0.399. The van der Waals surface area contributed by atoms with Crippen LogP contribution in [0.3, 0.4) is 0 Å². The third-order valence-corrected chi connectivity index (χ3v) is 0. The van der Waals surface area contributed by atoms with Crippen LogP contribution in [0.25, 0.3) is 0 Å². The van der Waals surface area contributed by atoms with E-state index in [1.165, 1.54) is 0 Å². The minimum Gasteiger partial charge on any atom is -0.400 e. The summed E-state index contributed by atoms with van der Waals surface area (Å²) >= 11 is 6.12. The van der Waals surface area contributed by atoms with E-state index in [9.17, 15) is 0 Å². The van der Waals surface area contributed by atoms with Crippen LogP contribution in [0.2, 0.25) is 0 Å². The monoisotopic (exact) mass is 204 g/mol. The van der Waals surface area contributed by atoms with Crippen molar-refractivity contribution in [2.24, 2.45) is 0 Å². The van der Waals surface area contributed by atoms with Gasteiger partial charge in [0, 0.05) is 7.11 Å². The first-order valence-corrected chi connectivity index (χ1v) is 3.22. The third-order valence-electron chi connectivity index (χ3n) is 0. The quantitative estimate of drug-likeness (QED) is 0.592. The Bertz CT molecular complexity index is 7.61. The Kier molecular flexibility index (Phi) is 38.3. The molecule has 0 heterocycles. The summed E-state index contributed by atoms with van der Waals surface area (Å²) in [5.41, 5.74) is 0. The Hall–Kier alpha value is 0.920. The molecule has 0 radical (unpaired) electrons. The molecule has 3 heteroatoms. The normalized spacial score (nSPS) is 4.80. The van der Waals surface area contributed by atoms with E-state index in [0.29, 0.717) is 0 Å². The smallest absolute Gasteiger partial charge is 0.0588 e. The van der Waals surface area contributed by atoms with Gasteiger partial charge in [0.05, 0.1) is 4.24 Å². The molecule has 1 nitrogen and oxygen atoms in total. The standard InChI is InChI=1S/CH2Br2.CH4O/c2-1-3;1-2/h1H2;2H,1H3. The van der Waals surface area contributed by atoms with Gasteiger partial charge in [-0.15, -0.1) is 0 Å². The lowest BCUT2D eigenvalue weighted by atomic mass is 11.8. The molecule has 0 saturated carbocycles. The summed E-state index contributed by atoms with van der Waals surface area (Å²) in [6, 6.07) is 0. The number of rotatable bonds is 0. The largest absolute Gasteiger partial charge is 0.400 e. The van der Waals surface area contributed by atoms with E-state index in [4.69, 9.17) is 5.11 Å². The fourth-order valence-corrected chi connectivity index (χ4v) is 0. The maximum atomic E-state index is 7.00. The number of hydrogen-bond acceptors (Lipinski definition) is 1. The van der Waals surface area contributed by atoms with Crippen LogP contribution in [0.15, 0.2) is 0 Å². The van der Waals surface area contributed by atoms with Crippen molar-refractivity contribution in [1.82, 2.24) is 0 Å². The third kappa shape index (κ3) is 49.6. The molecule has 0 aromatic heterocycles. The van der Waals surface area contributed by atoms with Crippen molar-refractivity contribution >= 4 is 31.9 Å². The van der Waals surface area contributed by atoms with Gasteiger partial charge >= 0.3 is 0 Å². The predicted octanol–water partition coefficient (Wildman–Crippen LogP) is 1.34. The van der Waals surface area contributed by atoms with Crippen molar-refractivity contribution in [3.8, 4) is 0 Å². The molecule has 0 fully saturated rings. The summed E-state index contributed by atoms with van der Waals surface area (Å²) in [7, 11) is 1.00. The maximum absolute atomic E-state index is 7.00. The van der Waals surface area contributed by atoms with Crippen LogP contribution in [-0.4, -0.2) is 16.5 Å². The lowest BCUT2D eigenvalue weighted by Crippen LogP contribution is -1.25.